The van der Waals surface area contributed by atoms with E-state index in [9.17, 15) is 14.6 Å². The fourth-order valence-electron chi connectivity index (χ4n) is 3.52. The molecule has 0 radical (unpaired) electrons. The van der Waals surface area contributed by atoms with Crippen molar-refractivity contribution < 1.29 is 19.3 Å². The fourth-order valence-corrected chi connectivity index (χ4v) is 3.52. The van der Waals surface area contributed by atoms with Gasteiger partial charge >= 0.3 is 0 Å². The molecule has 0 bridgehead atoms. The van der Waals surface area contributed by atoms with Crippen molar-refractivity contribution in [2.75, 3.05) is 13.1 Å². The average Bonchev–Trinajstić information content (AvgIpc) is 2.75. The van der Waals surface area contributed by atoms with E-state index >= 15 is 0 Å². The molecule has 1 heterocycles. The maximum Gasteiger partial charge on any atom is 0.128 e. The number of nitrogens with two attached hydrogens (primary N) is 1. The Kier molecular flexibility index (Phi) is 4.63. The van der Waals surface area contributed by atoms with Crippen LogP contribution in [-0.4, -0.2) is 58.6 Å². The molecular weight excluding hydrogens is 287 g/mol. The number of hydrogen-bond donors (Lipinski definition) is 3. The summed E-state index contributed by atoms with van der Waals surface area (Å²) in [4.78, 5) is 2.14. The lowest BCUT2D eigenvalue weighted by Gasteiger charge is -2.37. The molecule has 0 unspecified atom stereocenters. The Hall–Kier alpha value is -1.21. The first-order valence-electron chi connectivity index (χ1n) is 7.82. The highest BCUT2D eigenvalue weighted by Crippen LogP contribution is 2.30. The third kappa shape index (κ3) is 3.25. The number of likely N-dealkylation sites (tertiary alicyclic amines) is 1. The standard InChI is InChI=1S/C16H23FN2O3/c17-10-2-1-3-12(8-10)22-14-9-13(18)15(16(14)21)19-6-4-11(20)5-7-19/h1-3,8,11,13-16,20-21H,4-7,9,18H2/t13-,14-,15+,16+/m1/s1. The van der Waals surface area contributed by atoms with Gasteiger partial charge in [-0.25, -0.2) is 4.39 Å². The maximum atomic E-state index is 13.2. The summed E-state index contributed by atoms with van der Waals surface area (Å²) in [7, 11) is 0. The summed E-state index contributed by atoms with van der Waals surface area (Å²) in [6, 6.07) is 5.55. The molecule has 2 aliphatic rings. The van der Waals surface area contributed by atoms with Crippen LogP contribution >= 0.6 is 0 Å². The van der Waals surface area contributed by atoms with Crippen molar-refractivity contribution in [3.8, 4) is 5.75 Å². The Bertz CT molecular complexity index is 508. The molecule has 1 aromatic carbocycles. The highest BCUT2D eigenvalue weighted by Gasteiger charge is 2.45. The molecule has 4 N–H and O–H groups in total. The van der Waals surface area contributed by atoms with Gasteiger partial charge in [-0.15, -0.1) is 0 Å². The summed E-state index contributed by atoms with van der Waals surface area (Å²) in [5, 5.41) is 20.2. The Morgan fingerprint density at radius 3 is 2.64 bits per heavy atom. The Morgan fingerprint density at radius 2 is 1.95 bits per heavy atom. The first kappa shape index (κ1) is 15.7. The lowest BCUT2D eigenvalue weighted by Crippen LogP contribution is -2.53. The van der Waals surface area contributed by atoms with E-state index in [1.54, 1.807) is 12.1 Å². The SMILES string of the molecule is N[C@@H]1C[C@@H](Oc2cccc(F)c2)[C@H](O)[C@H]1N1CCC(O)CC1. The van der Waals surface area contributed by atoms with E-state index in [-0.39, 0.29) is 24.0 Å². The van der Waals surface area contributed by atoms with E-state index in [4.69, 9.17) is 10.5 Å². The zero-order valence-corrected chi connectivity index (χ0v) is 12.4. The van der Waals surface area contributed by atoms with Gasteiger partial charge in [0.25, 0.3) is 0 Å². The van der Waals surface area contributed by atoms with Crippen LogP contribution in [0.2, 0.25) is 0 Å². The van der Waals surface area contributed by atoms with Crippen LogP contribution in [0.3, 0.4) is 0 Å². The van der Waals surface area contributed by atoms with Crippen molar-refractivity contribution in [3.05, 3.63) is 30.1 Å². The summed E-state index contributed by atoms with van der Waals surface area (Å²) < 4.78 is 19.0. The summed E-state index contributed by atoms with van der Waals surface area (Å²) in [6.45, 7) is 1.45. The average molecular weight is 310 g/mol. The van der Waals surface area contributed by atoms with Crippen molar-refractivity contribution >= 4 is 0 Å². The topological polar surface area (TPSA) is 79.0 Å². The molecule has 4 atom stereocenters. The Morgan fingerprint density at radius 1 is 1.23 bits per heavy atom. The Balaban J connectivity index is 1.66. The highest BCUT2D eigenvalue weighted by atomic mass is 19.1. The molecule has 1 saturated carbocycles. The predicted molar refractivity (Wildman–Crippen MR) is 80.0 cm³/mol. The molecule has 0 spiro atoms. The summed E-state index contributed by atoms with van der Waals surface area (Å²) in [6.07, 6.45) is 0.519. The number of piperidine rings is 1. The molecule has 1 aromatic rings. The van der Waals surface area contributed by atoms with E-state index in [1.165, 1.54) is 12.1 Å². The van der Waals surface area contributed by atoms with Gasteiger partial charge in [0, 0.05) is 31.6 Å². The normalized spacial score (nSPS) is 34.0. The van der Waals surface area contributed by atoms with Gasteiger partial charge in [0.05, 0.1) is 12.1 Å². The number of hydrogen-bond acceptors (Lipinski definition) is 5. The minimum absolute atomic E-state index is 0.175. The fraction of sp³-hybridized carbons (Fsp3) is 0.625. The number of ether oxygens (including phenoxy) is 1. The molecule has 2 fully saturated rings. The monoisotopic (exact) mass is 310 g/mol. The van der Waals surface area contributed by atoms with Gasteiger partial charge in [-0.05, 0) is 25.0 Å². The zero-order chi connectivity index (χ0) is 15.7. The van der Waals surface area contributed by atoms with E-state index < -0.39 is 12.2 Å². The number of aliphatic hydroxyl groups excluding tert-OH is 2. The highest BCUT2D eigenvalue weighted by molar-refractivity contribution is 5.23. The van der Waals surface area contributed by atoms with Gasteiger partial charge in [0.2, 0.25) is 0 Å². The quantitative estimate of drug-likeness (QED) is 0.757. The van der Waals surface area contributed by atoms with Gasteiger partial charge in [0.1, 0.15) is 23.8 Å². The minimum Gasteiger partial charge on any atom is -0.487 e. The predicted octanol–water partition coefficient (Wildman–Crippen LogP) is 0.490. The second kappa shape index (κ2) is 6.50. The van der Waals surface area contributed by atoms with Crippen molar-refractivity contribution in [2.45, 2.75) is 49.7 Å². The van der Waals surface area contributed by atoms with E-state index in [0.717, 1.165) is 13.1 Å². The molecule has 0 amide bonds. The number of nitrogens with zero attached hydrogens (tertiary/aromatic N) is 1. The number of benzene rings is 1. The number of rotatable bonds is 3. The van der Waals surface area contributed by atoms with E-state index in [2.05, 4.69) is 4.90 Å². The Labute approximate surface area is 129 Å². The molecule has 5 nitrogen and oxygen atoms in total. The van der Waals surface area contributed by atoms with Crippen molar-refractivity contribution in [3.63, 3.8) is 0 Å². The van der Waals surface area contributed by atoms with Crippen LogP contribution < -0.4 is 10.5 Å². The van der Waals surface area contributed by atoms with Gasteiger partial charge in [-0.2, -0.15) is 0 Å². The molecule has 1 saturated heterocycles. The molecule has 1 aliphatic heterocycles. The second-order valence-electron chi connectivity index (χ2n) is 6.26. The van der Waals surface area contributed by atoms with E-state index in [1.807, 2.05) is 0 Å². The molecule has 22 heavy (non-hydrogen) atoms. The molecule has 122 valence electrons. The van der Waals surface area contributed by atoms with Crippen molar-refractivity contribution in [1.82, 2.24) is 4.90 Å². The van der Waals surface area contributed by atoms with Crippen LogP contribution in [0, 0.1) is 5.82 Å². The third-order valence-electron chi connectivity index (χ3n) is 4.68. The van der Waals surface area contributed by atoms with Crippen molar-refractivity contribution in [2.24, 2.45) is 5.73 Å². The summed E-state index contributed by atoms with van der Waals surface area (Å²) in [5.41, 5.74) is 6.19. The van der Waals surface area contributed by atoms with Gasteiger partial charge < -0.3 is 20.7 Å². The number of halogens is 1. The molecule has 1 aliphatic carbocycles. The molecular formula is C16H23FN2O3. The smallest absolute Gasteiger partial charge is 0.128 e. The number of aliphatic hydroxyl groups is 2. The second-order valence-corrected chi connectivity index (χ2v) is 6.26. The van der Waals surface area contributed by atoms with Gasteiger partial charge in [0.15, 0.2) is 0 Å². The van der Waals surface area contributed by atoms with Crippen LogP contribution in [0.1, 0.15) is 19.3 Å². The van der Waals surface area contributed by atoms with Crippen LogP contribution in [-0.2, 0) is 0 Å². The maximum absolute atomic E-state index is 13.2. The summed E-state index contributed by atoms with van der Waals surface area (Å²) in [5.74, 6) is 0.0434. The van der Waals surface area contributed by atoms with Crippen LogP contribution in [0.4, 0.5) is 4.39 Å². The zero-order valence-electron chi connectivity index (χ0n) is 12.4. The molecule has 0 aromatic heterocycles. The van der Waals surface area contributed by atoms with E-state index in [0.29, 0.717) is 25.0 Å². The van der Waals surface area contributed by atoms with Crippen molar-refractivity contribution in [1.29, 1.82) is 0 Å². The molecule has 6 heteroatoms. The summed E-state index contributed by atoms with van der Waals surface area (Å²) >= 11 is 0. The van der Waals surface area contributed by atoms with Crippen LogP contribution in [0.5, 0.6) is 5.75 Å². The third-order valence-corrected chi connectivity index (χ3v) is 4.68. The largest absolute Gasteiger partial charge is 0.487 e. The van der Waals surface area contributed by atoms with Crippen LogP contribution in [0.15, 0.2) is 24.3 Å². The van der Waals surface area contributed by atoms with Crippen LogP contribution in [0.25, 0.3) is 0 Å². The lowest BCUT2D eigenvalue weighted by atomic mass is 10.0. The van der Waals surface area contributed by atoms with Gasteiger partial charge in [-0.3, -0.25) is 4.90 Å². The first-order chi connectivity index (χ1) is 10.5. The van der Waals surface area contributed by atoms with Gasteiger partial charge in [-0.1, -0.05) is 6.07 Å². The molecule has 3 rings (SSSR count). The lowest BCUT2D eigenvalue weighted by molar-refractivity contribution is -0.0130. The first-order valence-corrected chi connectivity index (χ1v) is 7.82. The minimum atomic E-state index is -0.714.